The minimum atomic E-state index is -0.804. The third kappa shape index (κ3) is 2.06. The molecule has 0 saturated carbocycles. The Kier molecular flexibility index (Phi) is 3.63. The summed E-state index contributed by atoms with van der Waals surface area (Å²) in [5.41, 5.74) is 0.00632. The zero-order valence-corrected chi connectivity index (χ0v) is 12.9. The molecule has 1 N–H and O–H groups in total. The van der Waals surface area contributed by atoms with Crippen molar-refractivity contribution < 1.29 is 5.11 Å². The van der Waals surface area contributed by atoms with Crippen LogP contribution >= 0.6 is 27.7 Å². The summed E-state index contributed by atoms with van der Waals surface area (Å²) in [5.74, 6) is 1.86. The van der Waals surface area contributed by atoms with Crippen molar-refractivity contribution in [3.63, 3.8) is 0 Å². The largest absolute Gasteiger partial charge is 0.382 e. The van der Waals surface area contributed by atoms with Gasteiger partial charge in [-0.05, 0) is 35.0 Å². The molecule has 1 unspecified atom stereocenters. The van der Waals surface area contributed by atoms with E-state index in [2.05, 4.69) is 41.8 Å². The van der Waals surface area contributed by atoms with E-state index in [0.717, 1.165) is 34.6 Å². The summed E-state index contributed by atoms with van der Waals surface area (Å²) in [6, 6.07) is 0. The maximum atomic E-state index is 11.1. The van der Waals surface area contributed by atoms with Crippen molar-refractivity contribution in [2.45, 2.75) is 39.3 Å². The first-order valence-corrected chi connectivity index (χ1v) is 7.89. The molecular formula is C12H19BrN2OS. The van der Waals surface area contributed by atoms with Gasteiger partial charge in [-0.25, -0.2) is 0 Å². The lowest BCUT2D eigenvalue weighted by Crippen LogP contribution is -2.48. The summed E-state index contributed by atoms with van der Waals surface area (Å²) in [4.78, 5) is 0. The zero-order valence-electron chi connectivity index (χ0n) is 10.5. The zero-order chi connectivity index (χ0) is 12.7. The Morgan fingerprint density at radius 3 is 2.88 bits per heavy atom. The van der Waals surface area contributed by atoms with Gasteiger partial charge >= 0.3 is 0 Å². The highest BCUT2D eigenvalue weighted by molar-refractivity contribution is 9.10. The molecular weight excluding hydrogens is 300 g/mol. The Balaban J connectivity index is 2.52. The molecule has 1 fully saturated rings. The van der Waals surface area contributed by atoms with Crippen LogP contribution in [0, 0.1) is 5.41 Å². The second-order valence-electron chi connectivity index (χ2n) is 5.20. The fourth-order valence-electron chi connectivity index (χ4n) is 2.35. The van der Waals surface area contributed by atoms with Crippen LogP contribution in [0.1, 0.15) is 32.9 Å². The smallest absolute Gasteiger partial charge is 0.121 e. The topological polar surface area (TPSA) is 38.0 Å². The summed E-state index contributed by atoms with van der Waals surface area (Å²) in [6.45, 7) is 7.12. The average molecular weight is 319 g/mol. The molecule has 2 rings (SSSR count). The molecule has 2 heterocycles. The summed E-state index contributed by atoms with van der Waals surface area (Å²) in [7, 11) is 0. The minimum Gasteiger partial charge on any atom is -0.382 e. The lowest BCUT2D eigenvalue weighted by Gasteiger charge is -2.46. The van der Waals surface area contributed by atoms with Gasteiger partial charge in [0.2, 0.25) is 0 Å². The van der Waals surface area contributed by atoms with Crippen LogP contribution in [0.2, 0.25) is 0 Å². The molecule has 0 spiro atoms. The molecule has 1 saturated heterocycles. The van der Waals surface area contributed by atoms with Gasteiger partial charge in [-0.1, -0.05) is 13.8 Å². The number of hydrogen-bond acceptors (Lipinski definition) is 3. The predicted molar refractivity (Wildman–Crippen MR) is 75.2 cm³/mol. The second-order valence-corrected chi connectivity index (χ2v) is 7.16. The highest BCUT2D eigenvalue weighted by Crippen LogP contribution is 2.50. The lowest BCUT2D eigenvalue weighted by molar-refractivity contribution is -0.0651. The first kappa shape index (κ1) is 13.4. The summed E-state index contributed by atoms with van der Waals surface area (Å²) < 4.78 is 2.81. The Labute approximate surface area is 115 Å². The Bertz CT molecular complexity index is 419. The van der Waals surface area contributed by atoms with E-state index in [1.807, 2.05) is 16.4 Å². The van der Waals surface area contributed by atoms with Crippen molar-refractivity contribution >= 4 is 27.7 Å². The van der Waals surface area contributed by atoms with E-state index in [4.69, 9.17) is 0 Å². The Hall–Kier alpha value is -0.0000000000000000555. The molecule has 1 aromatic rings. The SMILES string of the molecule is CCn1ncc(Br)c1C1(O)CSCCC1(C)C. The predicted octanol–water partition coefficient (Wildman–Crippen LogP) is 3.02. The van der Waals surface area contributed by atoms with Gasteiger partial charge in [0.15, 0.2) is 0 Å². The van der Waals surface area contributed by atoms with Gasteiger partial charge in [0.25, 0.3) is 0 Å². The molecule has 0 bridgehead atoms. The average Bonchev–Trinajstić information content (AvgIpc) is 2.64. The van der Waals surface area contributed by atoms with E-state index in [9.17, 15) is 5.11 Å². The fraction of sp³-hybridized carbons (Fsp3) is 0.750. The third-order valence-electron chi connectivity index (χ3n) is 3.79. The molecule has 1 atom stereocenters. The van der Waals surface area contributed by atoms with E-state index in [-0.39, 0.29) is 5.41 Å². The summed E-state index contributed by atoms with van der Waals surface area (Å²) >= 11 is 5.35. The molecule has 1 aliphatic rings. The van der Waals surface area contributed by atoms with E-state index >= 15 is 0 Å². The highest BCUT2D eigenvalue weighted by atomic mass is 79.9. The van der Waals surface area contributed by atoms with Crippen molar-refractivity contribution in [1.82, 2.24) is 9.78 Å². The van der Waals surface area contributed by atoms with Gasteiger partial charge < -0.3 is 5.11 Å². The quantitative estimate of drug-likeness (QED) is 0.910. The summed E-state index contributed by atoms with van der Waals surface area (Å²) in [6.07, 6.45) is 2.81. The van der Waals surface area contributed by atoms with Gasteiger partial charge in [0.05, 0.1) is 16.4 Å². The highest BCUT2D eigenvalue weighted by Gasteiger charge is 2.49. The molecule has 0 amide bonds. The fourth-order valence-corrected chi connectivity index (χ4v) is 4.60. The van der Waals surface area contributed by atoms with Crippen LogP contribution in [0.25, 0.3) is 0 Å². The molecule has 5 heteroatoms. The Morgan fingerprint density at radius 1 is 1.59 bits per heavy atom. The van der Waals surface area contributed by atoms with E-state index in [1.165, 1.54) is 0 Å². The number of aliphatic hydroxyl groups is 1. The van der Waals surface area contributed by atoms with E-state index < -0.39 is 5.60 Å². The van der Waals surface area contributed by atoms with Crippen molar-refractivity contribution in [1.29, 1.82) is 0 Å². The first-order valence-electron chi connectivity index (χ1n) is 5.94. The molecule has 1 aliphatic heterocycles. The molecule has 0 aliphatic carbocycles. The molecule has 3 nitrogen and oxygen atoms in total. The van der Waals surface area contributed by atoms with E-state index in [1.54, 1.807) is 6.20 Å². The maximum absolute atomic E-state index is 11.1. The second kappa shape index (κ2) is 4.59. The van der Waals surface area contributed by atoms with Crippen LogP contribution < -0.4 is 0 Å². The monoisotopic (exact) mass is 318 g/mol. The van der Waals surface area contributed by atoms with Crippen LogP contribution in [0.3, 0.4) is 0 Å². The summed E-state index contributed by atoms with van der Waals surface area (Å²) in [5, 5.41) is 15.5. The Morgan fingerprint density at radius 2 is 2.29 bits per heavy atom. The van der Waals surface area contributed by atoms with Crippen LogP contribution in [0.15, 0.2) is 10.7 Å². The van der Waals surface area contributed by atoms with Crippen LogP contribution in [-0.2, 0) is 12.1 Å². The van der Waals surface area contributed by atoms with Gasteiger partial charge in [0, 0.05) is 17.7 Å². The van der Waals surface area contributed by atoms with Gasteiger partial charge in [-0.15, -0.1) is 0 Å². The number of nitrogens with zero attached hydrogens (tertiary/aromatic N) is 2. The van der Waals surface area contributed by atoms with Gasteiger partial charge in [-0.2, -0.15) is 16.9 Å². The van der Waals surface area contributed by atoms with Crippen LogP contribution in [0.5, 0.6) is 0 Å². The maximum Gasteiger partial charge on any atom is 0.121 e. The molecule has 17 heavy (non-hydrogen) atoms. The number of aryl methyl sites for hydroxylation is 1. The normalized spacial score (nSPS) is 28.3. The molecule has 96 valence electrons. The van der Waals surface area contributed by atoms with Crippen LogP contribution in [0.4, 0.5) is 0 Å². The molecule has 0 aromatic carbocycles. The number of rotatable bonds is 2. The minimum absolute atomic E-state index is 0.117. The van der Waals surface area contributed by atoms with Gasteiger partial charge in [-0.3, -0.25) is 4.68 Å². The number of thioether (sulfide) groups is 1. The van der Waals surface area contributed by atoms with Gasteiger partial charge in [0.1, 0.15) is 5.60 Å². The van der Waals surface area contributed by atoms with Crippen molar-refractivity contribution in [2.24, 2.45) is 5.41 Å². The van der Waals surface area contributed by atoms with Crippen molar-refractivity contribution in [3.8, 4) is 0 Å². The van der Waals surface area contributed by atoms with Crippen molar-refractivity contribution in [3.05, 3.63) is 16.4 Å². The van der Waals surface area contributed by atoms with Crippen LogP contribution in [-0.4, -0.2) is 26.4 Å². The molecule has 1 aromatic heterocycles. The third-order valence-corrected chi connectivity index (χ3v) is 5.48. The van der Waals surface area contributed by atoms with Crippen molar-refractivity contribution in [2.75, 3.05) is 11.5 Å². The number of hydrogen-bond donors (Lipinski definition) is 1. The first-order chi connectivity index (χ1) is 7.92. The number of aromatic nitrogens is 2. The lowest BCUT2D eigenvalue weighted by atomic mass is 9.71. The molecule has 0 radical (unpaired) electrons. The van der Waals surface area contributed by atoms with E-state index in [0.29, 0.717) is 0 Å². The number of halogens is 1. The standard InChI is InChI=1S/C12H19BrN2OS/c1-4-15-10(9(13)7-14-15)12(16)8-17-6-5-11(12,2)3/h7,16H,4-6,8H2,1-3H3.